The zero-order chi connectivity index (χ0) is 28.4. The fraction of sp³-hybridized carbons (Fsp3) is 0.440. The van der Waals surface area contributed by atoms with Crippen molar-refractivity contribution in [1.29, 1.82) is 0 Å². The van der Waals surface area contributed by atoms with Crippen LogP contribution in [0.5, 0.6) is 0 Å². The van der Waals surface area contributed by atoms with Gasteiger partial charge in [-0.2, -0.15) is 18.3 Å². The highest BCUT2D eigenvalue weighted by molar-refractivity contribution is 7.12. The highest BCUT2D eigenvalue weighted by atomic mass is 32.1. The molecule has 3 heterocycles. The zero-order valence-electron chi connectivity index (χ0n) is 20.8. The Morgan fingerprint density at radius 2 is 2.00 bits per heavy atom. The topological polar surface area (TPSA) is 100 Å². The fourth-order valence-corrected chi connectivity index (χ4v) is 5.26. The average Bonchev–Trinajstić information content (AvgIpc) is 3.47. The van der Waals surface area contributed by atoms with Crippen molar-refractivity contribution in [2.45, 2.75) is 50.7 Å². The van der Waals surface area contributed by atoms with Gasteiger partial charge < -0.3 is 10.4 Å². The maximum absolute atomic E-state index is 13.8. The number of benzene rings is 1. The third-order valence-corrected chi connectivity index (χ3v) is 7.19. The van der Waals surface area contributed by atoms with Gasteiger partial charge in [-0.15, -0.1) is 11.3 Å². The predicted octanol–water partition coefficient (Wildman–Crippen LogP) is 5.02. The SMILES string of the molecule is Cc1csc(-n2nc(C(=O)NC(CCN3CCCC(F)(F)C3)CC(=O)O)cc2-c2ccccc2C(F)(F)F)n1. The molecule has 1 unspecified atom stereocenters. The van der Waals surface area contributed by atoms with Gasteiger partial charge in [-0.3, -0.25) is 14.5 Å². The van der Waals surface area contributed by atoms with Gasteiger partial charge in [0.2, 0.25) is 5.13 Å². The lowest BCUT2D eigenvalue weighted by Gasteiger charge is -2.33. The van der Waals surface area contributed by atoms with E-state index in [1.807, 2.05) is 0 Å². The Morgan fingerprint density at radius 3 is 2.64 bits per heavy atom. The van der Waals surface area contributed by atoms with Crippen molar-refractivity contribution >= 4 is 23.2 Å². The second kappa shape index (κ2) is 11.4. The molecule has 3 aromatic rings. The molecule has 1 fully saturated rings. The number of thiazole rings is 1. The lowest BCUT2D eigenvalue weighted by Crippen LogP contribution is -2.45. The normalized spacial score (nSPS) is 16.7. The fourth-order valence-electron chi connectivity index (χ4n) is 4.49. The van der Waals surface area contributed by atoms with Crippen LogP contribution in [0.4, 0.5) is 22.0 Å². The van der Waals surface area contributed by atoms with Crippen LogP contribution in [-0.2, 0) is 11.0 Å². The van der Waals surface area contributed by atoms with Crippen LogP contribution in [0.15, 0.2) is 35.7 Å². The van der Waals surface area contributed by atoms with E-state index in [1.165, 1.54) is 29.2 Å². The van der Waals surface area contributed by atoms with Gasteiger partial charge in [-0.05, 0) is 38.4 Å². The van der Waals surface area contributed by atoms with Crippen molar-refractivity contribution in [3.8, 4) is 16.4 Å². The average molecular weight is 572 g/mol. The molecule has 1 saturated heterocycles. The van der Waals surface area contributed by atoms with Gasteiger partial charge >= 0.3 is 12.1 Å². The molecule has 14 heteroatoms. The zero-order valence-corrected chi connectivity index (χ0v) is 21.7. The first-order valence-electron chi connectivity index (χ1n) is 12.1. The van der Waals surface area contributed by atoms with E-state index in [-0.39, 0.29) is 41.5 Å². The number of rotatable bonds is 9. The number of carboxylic acid groups (broad SMARTS) is 1. The molecule has 0 spiro atoms. The molecule has 1 aromatic carbocycles. The molecule has 8 nitrogen and oxygen atoms in total. The minimum absolute atomic E-state index is 0.0206. The van der Waals surface area contributed by atoms with E-state index in [4.69, 9.17) is 0 Å². The van der Waals surface area contributed by atoms with Crippen LogP contribution in [-0.4, -0.2) is 68.2 Å². The van der Waals surface area contributed by atoms with E-state index in [0.29, 0.717) is 18.7 Å². The molecule has 4 rings (SSSR count). The highest BCUT2D eigenvalue weighted by Gasteiger charge is 2.36. The molecule has 39 heavy (non-hydrogen) atoms. The van der Waals surface area contributed by atoms with Crippen molar-refractivity contribution < 1.29 is 36.6 Å². The lowest BCUT2D eigenvalue weighted by atomic mass is 10.0. The van der Waals surface area contributed by atoms with Crippen LogP contribution in [0.1, 0.15) is 47.4 Å². The second-order valence-corrected chi connectivity index (χ2v) is 10.3. The molecule has 1 amide bonds. The predicted molar refractivity (Wildman–Crippen MR) is 133 cm³/mol. The van der Waals surface area contributed by atoms with E-state index in [0.717, 1.165) is 22.1 Å². The molecule has 1 aliphatic rings. The number of likely N-dealkylation sites (tertiary alicyclic amines) is 1. The first-order valence-corrected chi connectivity index (χ1v) is 13.0. The first-order chi connectivity index (χ1) is 18.3. The number of carbonyl (C=O) groups is 2. The van der Waals surface area contributed by atoms with Crippen LogP contribution in [0.3, 0.4) is 0 Å². The Kier molecular flexibility index (Phi) is 8.35. The summed E-state index contributed by atoms with van der Waals surface area (Å²) in [7, 11) is 0. The summed E-state index contributed by atoms with van der Waals surface area (Å²) in [6.07, 6.45) is -4.96. The number of piperidine rings is 1. The number of aryl methyl sites for hydroxylation is 1. The number of aromatic nitrogens is 3. The molecule has 0 aliphatic carbocycles. The lowest BCUT2D eigenvalue weighted by molar-refractivity contribution is -0.138. The third kappa shape index (κ3) is 7.18. The van der Waals surface area contributed by atoms with Gasteiger partial charge in [0.05, 0.1) is 29.9 Å². The molecule has 1 atom stereocenters. The Bertz CT molecular complexity index is 1340. The maximum Gasteiger partial charge on any atom is 0.417 e. The van der Waals surface area contributed by atoms with E-state index in [2.05, 4.69) is 15.4 Å². The van der Waals surface area contributed by atoms with E-state index >= 15 is 0 Å². The molecule has 2 N–H and O–H groups in total. The van der Waals surface area contributed by atoms with Crippen molar-refractivity contribution in [2.75, 3.05) is 19.6 Å². The minimum Gasteiger partial charge on any atom is -0.481 e. The Balaban J connectivity index is 1.61. The summed E-state index contributed by atoms with van der Waals surface area (Å²) in [6, 6.07) is 5.15. The van der Waals surface area contributed by atoms with Gasteiger partial charge in [-0.25, -0.2) is 18.4 Å². The number of carbonyl (C=O) groups excluding carboxylic acids is 1. The van der Waals surface area contributed by atoms with Crippen LogP contribution in [0.2, 0.25) is 0 Å². The summed E-state index contributed by atoms with van der Waals surface area (Å²) in [5.74, 6) is -4.83. The number of hydrogen-bond acceptors (Lipinski definition) is 6. The monoisotopic (exact) mass is 571 g/mol. The number of carboxylic acids is 1. The molecular weight excluding hydrogens is 545 g/mol. The van der Waals surface area contributed by atoms with Crippen molar-refractivity contribution in [1.82, 2.24) is 25.0 Å². The molecular formula is C25H26F5N5O3S. The Morgan fingerprint density at radius 1 is 1.26 bits per heavy atom. The third-order valence-electron chi connectivity index (χ3n) is 6.26. The summed E-state index contributed by atoms with van der Waals surface area (Å²) in [4.78, 5) is 30.4. The highest BCUT2D eigenvalue weighted by Crippen LogP contribution is 2.38. The number of alkyl halides is 5. The number of nitrogens with zero attached hydrogens (tertiary/aromatic N) is 4. The Hall–Kier alpha value is -3.39. The first kappa shape index (κ1) is 28.6. The number of halogens is 5. The van der Waals surface area contributed by atoms with Gasteiger partial charge in [0.1, 0.15) is 0 Å². The van der Waals surface area contributed by atoms with Crippen LogP contribution in [0, 0.1) is 6.92 Å². The van der Waals surface area contributed by atoms with Crippen molar-refractivity contribution in [3.05, 3.63) is 52.7 Å². The summed E-state index contributed by atoms with van der Waals surface area (Å²) >= 11 is 1.13. The van der Waals surface area contributed by atoms with Crippen LogP contribution >= 0.6 is 11.3 Å². The van der Waals surface area contributed by atoms with Crippen molar-refractivity contribution in [3.63, 3.8) is 0 Å². The standard InChI is InChI=1S/C25H26F5N5O3S/c1-15-13-39-23(31-15)35-20(17-5-2-3-6-18(17)25(28,29)30)12-19(33-35)22(38)32-16(11-21(36)37)7-10-34-9-4-8-24(26,27)14-34/h2-3,5-6,12-13,16H,4,7-11,14H2,1H3,(H,32,38)(H,36,37). The van der Waals surface area contributed by atoms with Gasteiger partial charge in [0, 0.05) is 30.0 Å². The molecule has 0 bridgehead atoms. The summed E-state index contributed by atoms with van der Waals surface area (Å²) in [5.41, 5.74) is -0.787. The number of amides is 1. The van der Waals surface area contributed by atoms with Crippen LogP contribution < -0.4 is 5.32 Å². The van der Waals surface area contributed by atoms with Crippen LogP contribution in [0.25, 0.3) is 16.4 Å². The molecule has 0 radical (unpaired) electrons. The van der Waals surface area contributed by atoms with E-state index in [1.54, 1.807) is 12.3 Å². The molecule has 210 valence electrons. The second-order valence-electron chi connectivity index (χ2n) is 9.43. The molecule has 0 saturated carbocycles. The molecule has 1 aliphatic heterocycles. The van der Waals surface area contributed by atoms with Gasteiger partial charge in [0.15, 0.2) is 5.69 Å². The minimum atomic E-state index is -4.68. The van der Waals surface area contributed by atoms with E-state index < -0.39 is 48.5 Å². The maximum atomic E-state index is 13.8. The smallest absolute Gasteiger partial charge is 0.417 e. The largest absolute Gasteiger partial charge is 0.481 e. The quantitative estimate of drug-likeness (QED) is 0.350. The number of aliphatic carboxylic acids is 1. The Labute approximate surface area is 224 Å². The van der Waals surface area contributed by atoms with E-state index in [9.17, 15) is 36.6 Å². The summed E-state index contributed by atoms with van der Waals surface area (Å²) < 4.78 is 70.0. The molecule has 2 aromatic heterocycles. The summed E-state index contributed by atoms with van der Waals surface area (Å²) in [5, 5.41) is 18.0. The van der Waals surface area contributed by atoms with Gasteiger partial charge in [-0.1, -0.05) is 18.2 Å². The number of nitrogens with one attached hydrogen (secondary N) is 1. The van der Waals surface area contributed by atoms with Gasteiger partial charge in [0.25, 0.3) is 11.8 Å². The number of hydrogen-bond donors (Lipinski definition) is 2. The summed E-state index contributed by atoms with van der Waals surface area (Å²) in [6.45, 7) is 1.84. The van der Waals surface area contributed by atoms with Crippen molar-refractivity contribution in [2.24, 2.45) is 0 Å².